The standard InChI is InChI=1S/C22H23NO3/c1-4-25-20-7-5-6-18(12-20)19-11-17(13-23-14-19)15-26-21-9-8-16(2)10-22(21)24-3/h5-14H,4,15H2,1-3H3. The molecular weight excluding hydrogens is 326 g/mol. The third-order valence-corrected chi connectivity index (χ3v) is 3.99. The van der Waals surface area contributed by atoms with Crippen molar-refractivity contribution in [3.8, 4) is 28.4 Å². The molecule has 26 heavy (non-hydrogen) atoms. The van der Waals surface area contributed by atoms with Crippen LogP contribution in [0.4, 0.5) is 0 Å². The summed E-state index contributed by atoms with van der Waals surface area (Å²) in [5.74, 6) is 2.32. The molecule has 0 unspecified atom stereocenters. The molecule has 0 radical (unpaired) electrons. The van der Waals surface area contributed by atoms with Gasteiger partial charge in [-0.05, 0) is 55.3 Å². The summed E-state index contributed by atoms with van der Waals surface area (Å²) >= 11 is 0. The second kappa shape index (κ2) is 8.39. The number of hydrogen-bond donors (Lipinski definition) is 0. The molecule has 0 saturated carbocycles. The van der Waals surface area contributed by atoms with Crippen LogP contribution < -0.4 is 14.2 Å². The SMILES string of the molecule is CCOc1cccc(-c2cncc(COc3ccc(C)cc3OC)c2)c1. The fraction of sp³-hybridized carbons (Fsp3) is 0.227. The first-order chi connectivity index (χ1) is 12.7. The highest BCUT2D eigenvalue weighted by Gasteiger charge is 2.07. The number of hydrogen-bond acceptors (Lipinski definition) is 4. The van der Waals surface area contributed by atoms with E-state index in [9.17, 15) is 0 Å². The summed E-state index contributed by atoms with van der Waals surface area (Å²) in [7, 11) is 1.65. The van der Waals surface area contributed by atoms with Gasteiger partial charge in [0.25, 0.3) is 0 Å². The highest BCUT2D eigenvalue weighted by Crippen LogP contribution is 2.29. The molecule has 0 aliphatic rings. The van der Waals surface area contributed by atoms with Gasteiger partial charge in [-0.15, -0.1) is 0 Å². The van der Waals surface area contributed by atoms with Crippen molar-refractivity contribution in [1.82, 2.24) is 4.98 Å². The van der Waals surface area contributed by atoms with Crippen LogP contribution in [-0.4, -0.2) is 18.7 Å². The van der Waals surface area contributed by atoms with Gasteiger partial charge in [-0.1, -0.05) is 18.2 Å². The number of ether oxygens (including phenoxy) is 3. The summed E-state index contributed by atoms with van der Waals surface area (Å²) in [5, 5.41) is 0. The first-order valence-corrected chi connectivity index (χ1v) is 8.64. The van der Waals surface area contributed by atoms with Crippen LogP contribution in [0.25, 0.3) is 11.1 Å². The third-order valence-electron chi connectivity index (χ3n) is 3.99. The van der Waals surface area contributed by atoms with Crippen molar-refractivity contribution in [2.75, 3.05) is 13.7 Å². The molecule has 3 aromatic rings. The normalized spacial score (nSPS) is 10.4. The van der Waals surface area contributed by atoms with Crippen molar-refractivity contribution < 1.29 is 14.2 Å². The lowest BCUT2D eigenvalue weighted by molar-refractivity contribution is 0.284. The topological polar surface area (TPSA) is 40.6 Å². The lowest BCUT2D eigenvalue weighted by Gasteiger charge is -2.12. The Balaban J connectivity index is 1.77. The van der Waals surface area contributed by atoms with E-state index in [2.05, 4.69) is 11.1 Å². The van der Waals surface area contributed by atoms with E-state index in [1.165, 1.54) is 0 Å². The Kier molecular flexibility index (Phi) is 5.74. The highest BCUT2D eigenvalue weighted by atomic mass is 16.5. The second-order valence-electron chi connectivity index (χ2n) is 5.99. The van der Waals surface area contributed by atoms with E-state index in [0.29, 0.717) is 13.2 Å². The number of nitrogens with zero attached hydrogens (tertiary/aromatic N) is 1. The predicted octanol–water partition coefficient (Wildman–Crippen LogP) is 5.04. The maximum atomic E-state index is 5.93. The van der Waals surface area contributed by atoms with E-state index < -0.39 is 0 Å². The van der Waals surface area contributed by atoms with Gasteiger partial charge in [0.1, 0.15) is 12.4 Å². The number of methoxy groups -OCH3 is 1. The van der Waals surface area contributed by atoms with Crippen molar-refractivity contribution in [2.45, 2.75) is 20.5 Å². The zero-order valence-electron chi connectivity index (χ0n) is 15.4. The van der Waals surface area contributed by atoms with Crippen LogP contribution in [0.15, 0.2) is 60.9 Å². The van der Waals surface area contributed by atoms with Crippen molar-refractivity contribution in [1.29, 1.82) is 0 Å². The molecule has 0 N–H and O–H groups in total. The summed E-state index contributed by atoms with van der Waals surface area (Å²) in [6.45, 7) is 5.07. The molecule has 0 amide bonds. The molecule has 134 valence electrons. The van der Waals surface area contributed by atoms with Crippen LogP contribution in [0.3, 0.4) is 0 Å². The number of benzene rings is 2. The highest BCUT2D eigenvalue weighted by molar-refractivity contribution is 5.64. The first kappa shape index (κ1) is 17.8. The van der Waals surface area contributed by atoms with Gasteiger partial charge in [0.2, 0.25) is 0 Å². The Hall–Kier alpha value is -3.01. The minimum absolute atomic E-state index is 0.422. The van der Waals surface area contributed by atoms with Gasteiger partial charge in [0, 0.05) is 23.5 Å². The van der Waals surface area contributed by atoms with Crippen LogP contribution in [0.5, 0.6) is 17.2 Å². The van der Waals surface area contributed by atoms with Gasteiger partial charge in [0.15, 0.2) is 11.5 Å². The number of pyridine rings is 1. The smallest absolute Gasteiger partial charge is 0.161 e. The quantitative estimate of drug-likeness (QED) is 0.599. The Labute approximate surface area is 154 Å². The Bertz CT molecular complexity index is 877. The van der Waals surface area contributed by atoms with Crippen molar-refractivity contribution in [3.05, 3.63) is 72.1 Å². The van der Waals surface area contributed by atoms with Crippen molar-refractivity contribution >= 4 is 0 Å². The second-order valence-corrected chi connectivity index (χ2v) is 5.99. The molecule has 1 aromatic heterocycles. The minimum atomic E-state index is 0.422. The van der Waals surface area contributed by atoms with E-state index in [4.69, 9.17) is 14.2 Å². The maximum absolute atomic E-state index is 5.93. The molecule has 4 heteroatoms. The minimum Gasteiger partial charge on any atom is -0.494 e. The van der Waals surface area contributed by atoms with Crippen LogP contribution in [0.1, 0.15) is 18.1 Å². The molecule has 0 aliphatic carbocycles. The number of aryl methyl sites for hydroxylation is 1. The molecule has 0 spiro atoms. The molecule has 4 nitrogen and oxygen atoms in total. The predicted molar refractivity (Wildman–Crippen MR) is 103 cm³/mol. The van der Waals surface area contributed by atoms with E-state index in [-0.39, 0.29) is 0 Å². The van der Waals surface area contributed by atoms with Crippen molar-refractivity contribution in [2.24, 2.45) is 0 Å². The van der Waals surface area contributed by atoms with Gasteiger partial charge in [-0.2, -0.15) is 0 Å². The molecule has 0 atom stereocenters. The Morgan fingerprint density at radius 2 is 1.77 bits per heavy atom. The van der Waals surface area contributed by atoms with Crippen molar-refractivity contribution in [3.63, 3.8) is 0 Å². The summed E-state index contributed by atoms with van der Waals surface area (Å²) in [6, 6.07) is 16.0. The van der Waals surface area contributed by atoms with E-state index in [0.717, 1.165) is 39.5 Å². The van der Waals surface area contributed by atoms with E-state index in [1.807, 2.05) is 68.7 Å². The average Bonchev–Trinajstić information content (AvgIpc) is 2.67. The zero-order valence-corrected chi connectivity index (χ0v) is 15.4. The van der Waals surface area contributed by atoms with Crippen LogP contribution in [0.2, 0.25) is 0 Å². The molecule has 1 heterocycles. The molecule has 0 saturated heterocycles. The molecule has 3 rings (SSSR count). The van der Waals surface area contributed by atoms with Crippen LogP contribution in [0, 0.1) is 6.92 Å². The number of aromatic nitrogens is 1. The van der Waals surface area contributed by atoms with E-state index in [1.54, 1.807) is 7.11 Å². The molecule has 0 aliphatic heterocycles. The summed E-state index contributed by atoms with van der Waals surface area (Å²) in [5.41, 5.74) is 4.22. The van der Waals surface area contributed by atoms with Gasteiger partial charge in [-0.25, -0.2) is 0 Å². The fourth-order valence-electron chi connectivity index (χ4n) is 2.71. The van der Waals surface area contributed by atoms with Crippen LogP contribution >= 0.6 is 0 Å². The summed E-state index contributed by atoms with van der Waals surface area (Å²) in [4.78, 5) is 4.35. The van der Waals surface area contributed by atoms with E-state index >= 15 is 0 Å². The Morgan fingerprint density at radius 3 is 2.58 bits per heavy atom. The average molecular weight is 349 g/mol. The third kappa shape index (κ3) is 4.33. The summed E-state index contributed by atoms with van der Waals surface area (Å²) < 4.78 is 16.9. The van der Waals surface area contributed by atoms with Gasteiger partial charge in [0.05, 0.1) is 13.7 Å². The maximum Gasteiger partial charge on any atom is 0.161 e. The molecule has 0 bridgehead atoms. The molecular formula is C22H23NO3. The Morgan fingerprint density at radius 1 is 0.885 bits per heavy atom. The zero-order chi connectivity index (χ0) is 18.4. The lowest BCUT2D eigenvalue weighted by Crippen LogP contribution is -1.99. The largest absolute Gasteiger partial charge is 0.494 e. The summed E-state index contributed by atoms with van der Waals surface area (Å²) in [6.07, 6.45) is 3.66. The monoisotopic (exact) mass is 349 g/mol. The lowest BCUT2D eigenvalue weighted by atomic mass is 10.1. The van der Waals surface area contributed by atoms with Gasteiger partial charge in [-0.3, -0.25) is 4.98 Å². The molecule has 0 fully saturated rings. The van der Waals surface area contributed by atoms with Gasteiger partial charge < -0.3 is 14.2 Å². The van der Waals surface area contributed by atoms with Crippen LogP contribution in [-0.2, 0) is 6.61 Å². The molecule has 2 aromatic carbocycles. The van der Waals surface area contributed by atoms with Gasteiger partial charge >= 0.3 is 0 Å². The fourth-order valence-corrected chi connectivity index (χ4v) is 2.71. The number of rotatable bonds is 7. The first-order valence-electron chi connectivity index (χ1n) is 8.64.